The van der Waals surface area contributed by atoms with E-state index >= 15 is 0 Å². The summed E-state index contributed by atoms with van der Waals surface area (Å²) >= 11 is 0. The van der Waals surface area contributed by atoms with Crippen LogP contribution >= 0.6 is 0 Å². The van der Waals surface area contributed by atoms with E-state index < -0.39 is 0 Å². The first-order valence-electron chi connectivity index (χ1n) is 7.19. The fourth-order valence-corrected chi connectivity index (χ4v) is 2.56. The molecule has 0 aliphatic rings. The smallest absolute Gasteiger partial charge is 0.147 e. The van der Waals surface area contributed by atoms with E-state index in [2.05, 4.69) is 54.4 Å². The zero-order chi connectivity index (χ0) is 14.7. The maximum absolute atomic E-state index is 4.48. The molecule has 0 amide bonds. The molecule has 1 aromatic carbocycles. The summed E-state index contributed by atoms with van der Waals surface area (Å²) in [5.74, 6) is 1.80. The number of benzene rings is 1. The summed E-state index contributed by atoms with van der Waals surface area (Å²) in [6.45, 7) is 12.1. The van der Waals surface area contributed by atoms with Gasteiger partial charge < -0.3 is 5.32 Å². The molecule has 0 aliphatic heterocycles. The molecule has 1 unspecified atom stereocenters. The van der Waals surface area contributed by atoms with Gasteiger partial charge >= 0.3 is 0 Å². The summed E-state index contributed by atoms with van der Waals surface area (Å²) in [6.07, 6.45) is 0. The molecule has 20 heavy (non-hydrogen) atoms. The van der Waals surface area contributed by atoms with Crippen molar-refractivity contribution in [2.45, 2.75) is 47.2 Å². The first-order valence-corrected chi connectivity index (χ1v) is 7.19. The van der Waals surface area contributed by atoms with Gasteiger partial charge in [0.2, 0.25) is 0 Å². The van der Waals surface area contributed by atoms with Gasteiger partial charge in [-0.1, -0.05) is 30.7 Å². The topological polar surface area (TPSA) is 42.7 Å². The highest BCUT2D eigenvalue weighted by molar-refractivity contribution is 5.33. The normalized spacial score (nSPS) is 12.7. The predicted octanol–water partition coefficient (Wildman–Crippen LogP) is 2.86. The lowest BCUT2D eigenvalue weighted by molar-refractivity contribution is 0.438. The minimum absolute atomic E-state index is 0.264. The number of aromatic nitrogens is 3. The van der Waals surface area contributed by atoms with Crippen molar-refractivity contribution in [2.24, 2.45) is 0 Å². The maximum atomic E-state index is 4.48. The molecule has 0 aliphatic carbocycles. The van der Waals surface area contributed by atoms with Crippen molar-refractivity contribution >= 4 is 0 Å². The molecule has 0 spiro atoms. The Hall–Kier alpha value is -1.68. The number of aryl methyl sites for hydroxylation is 4. The van der Waals surface area contributed by atoms with Gasteiger partial charge in [0.05, 0.1) is 12.6 Å². The third-order valence-electron chi connectivity index (χ3n) is 3.58. The molecule has 1 heterocycles. The van der Waals surface area contributed by atoms with Crippen LogP contribution in [-0.2, 0) is 6.54 Å². The number of nitrogens with one attached hydrogen (secondary N) is 1. The van der Waals surface area contributed by atoms with E-state index in [0.29, 0.717) is 0 Å². The van der Waals surface area contributed by atoms with E-state index in [1.807, 2.05) is 18.5 Å². The van der Waals surface area contributed by atoms with Crippen LogP contribution in [-0.4, -0.2) is 21.3 Å². The van der Waals surface area contributed by atoms with Crippen molar-refractivity contribution in [3.63, 3.8) is 0 Å². The highest BCUT2D eigenvalue weighted by atomic mass is 15.3. The Morgan fingerprint density at radius 1 is 1.20 bits per heavy atom. The molecule has 0 bridgehead atoms. The number of likely N-dealkylation sites (N-methyl/N-ethyl adjacent to an activating group) is 1. The van der Waals surface area contributed by atoms with Crippen LogP contribution in [0.1, 0.15) is 41.3 Å². The van der Waals surface area contributed by atoms with Crippen LogP contribution < -0.4 is 5.32 Å². The van der Waals surface area contributed by atoms with Gasteiger partial charge in [0.25, 0.3) is 0 Å². The molecule has 0 radical (unpaired) electrons. The quantitative estimate of drug-likeness (QED) is 0.910. The van der Waals surface area contributed by atoms with Crippen molar-refractivity contribution in [1.29, 1.82) is 0 Å². The molecule has 108 valence electrons. The van der Waals surface area contributed by atoms with Gasteiger partial charge in [-0.25, -0.2) is 9.67 Å². The van der Waals surface area contributed by atoms with Crippen LogP contribution in [0.15, 0.2) is 18.2 Å². The lowest BCUT2D eigenvalue weighted by atomic mass is 9.99. The van der Waals surface area contributed by atoms with Crippen LogP contribution in [0.2, 0.25) is 0 Å². The minimum Gasteiger partial charge on any atom is -0.309 e. The van der Waals surface area contributed by atoms with Crippen LogP contribution in [0.5, 0.6) is 0 Å². The SMILES string of the molecule is CCNC(Cn1nc(C)nc1C)c1cc(C)ccc1C. The van der Waals surface area contributed by atoms with Crippen LogP contribution in [0, 0.1) is 27.7 Å². The third kappa shape index (κ3) is 3.25. The molecule has 2 aromatic rings. The van der Waals surface area contributed by atoms with E-state index in [-0.39, 0.29) is 6.04 Å². The van der Waals surface area contributed by atoms with Gasteiger partial charge in [-0.3, -0.25) is 0 Å². The van der Waals surface area contributed by atoms with Gasteiger partial charge in [0.1, 0.15) is 11.6 Å². The summed E-state index contributed by atoms with van der Waals surface area (Å²) < 4.78 is 1.99. The van der Waals surface area contributed by atoms with Gasteiger partial charge in [-0.05, 0) is 45.4 Å². The molecule has 1 N–H and O–H groups in total. The van der Waals surface area contributed by atoms with Crippen LogP contribution in [0.3, 0.4) is 0 Å². The predicted molar refractivity (Wildman–Crippen MR) is 81.8 cm³/mol. The van der Waals surface area contributed by atoms with Crippen molar-refractivity contribution < 1.29 is 0 Å². The highest BCUT2D eigenvalue weighted by Gasteiger charge is 2.15. The van der Waals surface area contributed by atoms with E-state index in [4.69, 9.17) is 0 Å². The summed E-state index contributed by atoms with van der Waals surface area (Å²) in [7, 11) is 0. The second kappa shape index (κ2) is 6.18. The third-order valence-corrected chi connectivity index (χ3v) is 3.58. The zero-order valence-electron chi connectivity index (χ0n) is 13.1. The van der Waals surface area contributed by atoms with E-state index in [1.54, 1.807) is 0 Å². The lowest BCUT2D eigenvalue weighted by Gasteiger charge is -2.21. The van der Waals surface area contributed by atoms with Gasteiger partial charge in [0.15, 0.2) is 0 Å². The molecule has 1 atom stereocenters. The van der Waals surface area contributed by atoms with Crippen LogP contribution in [0.25, 0.3) is 0 Å². The molecule has 0 saturated heterocycles. The van der Waals surface area contributed by atoms with Crippen molar-refractivity contribution in [1.82, 2.24) is 20.1 Å². The van der Waals surface area contributed by atoms with Gasteiger partial charge in [-0.15, -0.1) is 0 Å². The largest absolute Gasteiger partial charge is 0.309 e. The average molecular weight is 272 g/mol. The number of rotatable bonds is 5. The molecule has 1 aromatic heterocycles. The monoisotopic (exact) mass is 272 g/mol. The molecule has 0 saturated carbocycles. The van der Waals surface area contributed by atoms with Crippen molar-refractivity contribution in [3.8, 4) is 0 Å². The fourth-order valence-electron chi connectivity index (χ4n) is 2.56. The van der Waals surface area contributed by atoms with Crippen molar-refractivity contribution in [3.05, 3.63) is 46.5 Å². The Labute approximate surface area is 121 Å². The Kier molecular flexibility index (Phi) is 4.55. The Morgan fingerprint density at radius 2 is 1.95 bits per heavy atom. The van der Waals surface area contributed by atoms with E-state index in [9.17, 15) is 0 Å². The zero-order valence-corrected chi connectivity index (χ0v) is 13.1. The molecular formula is C16H24N4. The molecule has 0 fully saturated rings. The highest BCUT2D eigenvalue weighted by Crippen LogP contribution is 2.21. The molecule has 4 nitrogen and oxygen atoms in total. The number of hydrogen-bond donors (Lipinski definition) is 1. The fraction of sp³-hybridized carbons (Fsp3) is 0.500. The first kappa shape index (κ1) is 14.7. The Morgan fingerprint density at radius 3 is 2.55 bits per heavy atom. The number of nitrogens with zero attached hydrogens (tertiary/aromatic N) is 3. The Balaban J connectivity index is 2.31. The summed E-state index contributed by atoms with van der Waals surface area (Å²) in [4.78, 5) is 4.38. The van der Waals surface area contributed by atoms with Crippen molar-refractivity contribution in [2.75, 3.05) is 6.54 Å². The van der Waals surface area contributed by atoms with Gasteiger partial charge in [-0.2, -0.15) is 5.10 Å². The Bertz CT molecular complexity index is 586. The standard InChI is InChI=1S/C16H24N4/c1-6-17-16(10-20-14(5)18-13(4)19-20)15-9-11(2)7-8-12(15)3/h7-9,16-17H,6,10H2,1-5H3. The van der Waals surface area contributed by atoms with Crippen LogP contribution in [0.4, 0.5) is 0 Å². The van der Waals surface area contributed by atoms with E-state index in [1.165, 1.54) is 16.7 Å². The summed E-state index contributed by atoms with van der Waals surface area (Å²) in [6, 6.07) is 6.88. The maximum Gasteiger partial charge on any atom is 0.147 e. The first-order chi connectivity index (χ1) is 9.51. The van der Waals surface area contributed by atoms with Gasteiger partial charge in [0, 0.05) is 0 Å². The molecular weight excluding hydrogens is 248 g/mol. The second-order valence-electron chi connectivity index (χ2n) is 5.36. The molecule has 2 rings (SSSR count). The average Bonchev–Trinajstić information content (AvgIpc) is 2.70. The molecule has 4 heteroatoms. The van der Waals surface area contributed by atoms with E-state index in [0.717, 1.165) is 24.7 Å². The summed E-state index contributed by atoms with van der Waals surface area (Å²) in [5, 5.41) is 8.04. The number of hydrogen-bond acceptors (Lipinski definition) is 3. The minimum atomic E-state index is 0.264. The lowest BCUT2D eigenvalue weighted by Crippen LogP contribution is -2.27. The summed E-state index contributed by atoms with van der Waals surface area (Å²) in [5.41, 5.74) is 3.95. The second-order valence-corrected chi connectivity index (χ2v) is 5.36.